The topological polar surface area (TPSA) is 59.2 Å². The van der Waals surface area contributed by atoms with Crippen molar-refractivity contribution in [1.29, 1.82) is 0 Å². The first-order valence-corrected chi connectivity index (χ1v) is 5.68. The summed E-state index contributed by atoms with van der Waals surface area (Å²) in [5, 5.41) is 13.2. The SMILES string of the molecule is CC1CCC(c2noc([C@H](C)O)n2)CC1. The van der Waals surface area contributed by atoms with E-state index in [0.717, 1.165) is 24.6 Å². The predicted octanol–water partition coefficient (Wildman–Crippen LogP) is 2.42. The molecule has 1 heterocycles. The molecule has 0 saturated heterocycles. The number of aliphatic hydroxyl groups excluding tert-OH is 1. The molecule has 84 valence electrons. The van der Waals surface area contributed by atoms with Crippen LogP contribution >= 0.6 is 0 Å². The maximum absolute atomic E-state index is 9.28. The summed E-state index contributed by atoms with van der Waals surface area (Å²) in [6.07, 6.45) is 4.10. The number of hydrogen-bond donors (Lipinski definition) is 1. The Morgan fingerprint density at radius 2 is 2.00 bits per heavy atom. The zero-order valence-electron chi connectivity index (χ0n) is 9.31. The summed E-state index contributed by atoms with van der Waals surface area (Å²) in [6, 6.07) is 0. The lowest BCUT2D eigenvalue weighted by Crippen LogP contribution is -2.12. The molecule has 1 aliphatic rings. The molecule has 0 unspecified atom stereocenters. The molecule has 1 atom stereocenters. The Kier molecular flexibility index (Phi) is 3.05. The predicted molar refractivity (Wildman–Crippen MR) is 55.3 cm³/mol. The third-order valence-electron chi connectivity index (χ3n) is 3.20. The van der Waals surface area contributed by atoms with Gasteiger partial charge in [-0.3, -0.25) is 0 Å². The van der Waals surface area contributed by atoms with E-state index in [2.05, 4.69) is 17.1 Å². The van der Waals surface area contributed by atoms with Crippen LogP contribution in [0, 0.1) is 5.92 Å². The van der Waals surface area contributed by atoms with Crippen LogP contribution in [0.2, 0.25) is 0 Å². The summed E-state index contributed by atoms with van der Waals surface area (Å²) in [5.41, 5.74) is 0. The number of rotatable bonds is 2. The number of aromatic nitrogens is 2. The van der Waals surface area contributed by atoms with E-state index in [-0.39, 0.29) is 0 Å². The lowest BCUT2D eigenvalue weighted by atomic mass is 9.83. The first-order valence-electron chi connectivity index (χ1n) is 5.68. The van der Waals surface area contributed by atoms with E-state index >= 15 is 0 Å². The van der Waals surface area contributed by atoms with Gasteiger partial charge in [-0.15, -0.1) is 0 Å². The molecule has 1 fully saturated rings. The average molecular weight is 210 g/mol. The Bertz CT molecular complexity index is 314. The van der Waals surface area contributed by atoms with Gasteiger partial charge in [-0.05, 0) is 25.7 Å². The van der Waals surface area contributed by atoms with Gasteiger partial charge in [0.2, 0.25) is 0 Å². The maximum Gasteiger partial charge on any atom is 0.255 e. The molecular weight excluding hydrogens is 192 g/mol. The molecule has 15 heavy (non-hydrogen) atoms. The first kappa shape index (κ1) is 10.6. The summed E-state index contributed by atoms with van der Waals surface area (Å²) in [5.74, 6) is 2.36. The smallest absolute Gasteiger partial charge is 0.255 e. The molecule has 0 aliphatic heterocycles. The van der Waals surface area contributed by atoms with Gasteiger partial charge >= 0.3 is 0 Å². The largest absolute Gasteiger partial charge is 0.384 e. The molecule has 1 aromatic heterocycles. The number of nitrogens with zero attached hydrogens (tertiary/aromatic N) is 2. The lowest BCUT2D eigenvalue weighted by molar-refractivity contribution is 0.151. The Balaban J connectivity index is 2.03. The molecule has 2 rings (SSSR count). The second-order valence-corrected chi connectivity index (χ2v) is 4.62. The molecule has 1 N–H and O–H groups in total. The number of hydrogen-bond acceptors (Lipinski definition) is 4. The quantitative estimate of drug-likeness (QED) is 0.814. The summed E-state index contributed by atoms with van der Waals surface area (Å²) in [6.45, 7) is 3.92. The normalized spacial score (nSPS) is 29.0. The zero-order chi connectivity index (χ0) is 10.8. The van der Waals surface area contributed by atoms with Gasteiger partial charge in [0.15, 0.2) is 5.82 Å². The Morgan fingerprint density at radius 1 is 1.33 bits per heavy atom. The van der Waals surface area contributed by atoms with E-state index < -0.39 is 6.10 Å². The van der Waals surface area contributed by atoms with Crippen LogP contribution in [0.1, 0.15) is 63.3 Å². The molecule has 0 aromatic carbocycles. The van der Waals surface area contributed by atoms with Gasteiger partial charge in [0, 0.05) is 5.92 Å². The first-order chi connectivity index (χ1) is 7.16. The van der Waals surface area contributed by atoms with Gasteiger partial charge < -0.3 is 9.63 Å². The van der Waals surface area contributed by atoms with Crippen molar-refractivity contribution >= 4 is 0 Å². The summed E-state index contributed by atoms with van der Waals surface area (Å²) in [7, 11) is 0. The molecule has 1 aliphatic carbocycles. The second-order valence-electron chi connectivity index (χ2n) is 4.62. The van der Waals surface area contributed by atoms with Gasteiger partial charge in [0.05, 0.1) is 0 Å². The van der Waals surface area contributed by atoms with E-state index in [1.54, 1.807) is 6.92 Å². The molecule has 4 nitrogen and oxygen atoms in total. The Morgan fingerprint density at radius 3 is 2.53 bits per heavy atom. The lowest BCUT2D eigenvalue weighted by Gasteiger charge is -2.23. The van der Waals surface area contributed by atoms with Crippen molar-refractivity contribution < 1.29 is 9.63 Å². The van der Waals surface area contributed by atoms with Crippen LogP contribution in [0.25, 0.3) is 0 Å². The minimum atomic E-state index is -0.659. The van der Waals surface area contributed by atoms with E-state index in [4.69, 9.17) is 4.52 Å². The highest BCUT2D eigenvalue weighted by Gasteiger charge is 2.24. The zero-order valence-corrected chi connectivity index (χ0v) is 9.31. The summed E-state index contributed by atoms with van der Waals surface area (Å²) in [4.78, 5) is 4.23. The van der Waals surface area contributed by atoms with Crippen LogP contribution in [0.15, 0.2) is 4.52 Å². The van der Waals surface area contributed by atoms with Gasteiger partial charge in [0.1, 0.15) is 6.10 Å². The van der Waals surface area contributed by atoms with Crippen molar-refractivity contribution in [2.24, 2.45) is 5.92 Å². The molecule has 4 heteroatoms. The highest BCUT2D eigenvalue weighted by atomic mass is 16.5. The van der Waals surface area contributed by atoms with Crippen molar-refractivity contribution in [1.82, 2.24) is 10.1 Å². The molecule has 1 saturated carbocycles. The third kappa shape index (κ3) is 2.37. The minimum Gasteiger partial charge on any atom is -0.384 e. The molecular formula is C11H18N2O2. The summed E-state index contributed by atoms with van der Waals surface area (Å²) >= 11 is 0. The second kappa shape index (κ2) is 4.31. The average Bonchev–Trinajstić information content (AvgIpc) is 2.68. The minimum absolute atomic E-state index is 0.337. The Hall–Kier alpha value is -0.900. The van der Waals surface area contributed by atoms with E-state index in [1.807, 2.05) is 0 Å². The van der Waals surface area contributed by atoms with Crippen LogP contribution in [-0.4, -0.2) is 15.2 Å². The highest BCUT2D eigenvalue weighted by molar-refractivity contribution is 4.98. The van der Waals surface area contributed by atoms with Crippen molar-refractivity contribution in [3.63, 3.8) is 0 Å². The number of aliphatic hydroxyl groups is 1. The monoisotopic (exact) mass is 210 g/mol. The standard InChI is InChI=1S/C11H18N2O2/c1-7-3-5-9(6-4-7)10-12-11(8(2)14)15-13-10/h7-9,14H,3-6H2,1-2H3/t7?,8-,9?/m0/s1. The molecule has 0 spiro atoms. The van der Waals surface area contributed by atoms with E-state index in [0.29, 0.717) is 11.8 Å². The summed E-state index contributed by atoms with van der Waals surface area (Å²) < 4.78 is 5.00. The fraction of sp³-hybridized carbons (Fsp3) is 0.818. The van der Waals surface area contributed by atoms with Crippen molar-refractivity contribution in [2.45, 2.75) is 51.6 Å². The van der Waals surface area contributed by atoms with Crippen LogP contribution in [-0.2, 0) is 0 Å². The van der Waals surface area contributed by atoms with Crippen molar-refractivity contribution in [3.8, 4) is 0 Å². The molecule has 1 aromatic rings. The van der Waals surface area contributed by atoms with Gasteiger partial charge in [-0.1, -0.05) is 24.9 Å². The van der Waals surface area contributed by atoms with Crippen LogP contribution in [0.3, 0.4) is 0 Å². The fourth-order valence-electron chi connectivity index (χ4n) is 2.10. The fourth-order valence-corrected chi connectivity index (χ4v) is 2.10. The highest BCUT2D eigenvalue weighted by Crippen LogP contribution is 2.34. The molecule has 0 amide bonds. The maximum atomic E-state index is 9.28. The Labute approximate surface area is 89.7 Å². The van der Waals surface area contributed by atoms with Gasteiger partial charge in [-0.25, -0.2) is 0 Å². The van der Waals surface area contributed by atoms with Gasteiger partial charge in [0.25, 0.3) is 5.89 Å². The third-order valence-corrected chi connectivity index (χ3v) is 3.20. The van der Waals surface area contributed by atoms with Crippen molar-refractivity contribution in [3.05, 3.63) is 11.7 Å². The van der Waals surface area contributed by atoms with E-state index in [9.17, 15) is 5.11 Å². The van der Waals surface area contributed by atoms with Crippen LogP contribution in [0.5, 0.6) is 0 Å². The molecule has 0 bridgehead atoms. The van der Waals surface area contributed by atoms with Crippen molar-refractivity contribution in [2.75, 3.05) is 0 Å². The van der Waals surface area contributed by atoms with Gasteiger partial charge in [-0.2, -0.15) is 4.98 Å². The van der Waals surface area contributed by atoms with E-state index in [1.165, 1.54) is 12.8 Å². The van der Waals surface area contributed by atoms with Crippen LogP contribution < -0.4 is 0 Å². The van der Waals surface area contributed by atoms with Crippen LogP contribution in [0.4, 0.5) is 0 Å². The molecule has 0 radical (unpaired) electrons.